The monoisotopic (exact) mass is 354 g/mol. The maximum Gasteiger partial charge on any atom is 0.139 e. The van der Waals surface area contributed by atoms with E-state index in [0.717, 1.165) is 6.42 Å². The molecule has 4 heteroatoms. The van der Waals surface area contributed by atoms with Gasteiger partial charge in [0.15, 0.2) is 0 Å². The van der Waals surface area contributed by atoms with Crippen molar-refractivity contribution in [1.82, 2.24) is 9.88 Å². The lowest BCUT2D eigenvalue weighted by Crippen LogP contribution is -2.58. The maximum absolute atomic E-state index is 11.4. The molecule has 1 aromatic heterocycles. The molecule has 2 aliphatic carbocycles. The second-order valence-corrected chi connectivity index (χ2v) is 9.99. The van der Waals surface area contributed by atoms with Gasteiger partial charge in [-0.1, -0.05) is 12.1 Å². The van der Waals surface area contributed by atoms with E-state index in [2.05, 4.69) is 48.3 Å². The Morgan fingerprint density at radius 2 is 2.24 bits per heavy atom. The van der Waals surface area contributed by atoms with Gasteiger partial charge in [0.1, 0.15) is 5.78 Å². The molecule has 0 radical (unpaired) electrons. The molecule has 2 fully saturated rings. The van der Waals surface area contributed by atoms with Crippen LogP contribution in [0.2, 0.25) is 0 Å². The molecule has 1 unspecified atom stereocenters. The van der Waals surface area contributed by atoms with Gasteiger partial charge in [0.05, 0.1) is 5.75 Å². The van der Waals surface area contributed by atoms with Gasteiger partial charge in [0.2, 0.25) is 0 Å². The Morgan fingerprint density at radius 1 is 1.40 bits per heavy atom. The summed E-state index contributed by atoms with van der Waals surface area (Å²) >= 11 is 1.89. The Labute approximate surface area is 153 Å². The van der Waals surface area contributed by atoms with Crippen LogP contribution in [-0.4, -0.2) is 45.8 Å². The number of rotatable bonds is 3. The number of likely N-dealkylation sites (N-methyl/N-ethyl adjacent to an activating group) is 1. The van der Waals surface area contributed by atoms with E-state index < -0.39 is 0 Å². The van der Waals surface area contributed by atoms with E-state index in [1.165, 1.54) is 41.4 Å². The normalized spacial score (nSPS) is 36.6. The molecule has 25 heavy (non-hydrogen) atoms. The molecule has 3 aliphatic rings. The largest absolute Gasteiger partial charge is 0.361 e. The van der Waals surface area contributed by atoms with Gasteiger partial charge in [-0.15, -0.1) is 0 Å². The topological polar surface area (TPSA) is 36.1 Å². The zero-order valence-corrected chi connectivity index (χ0v) is 16.1. The van der Waals surface area contributed by atoms with Crippen LogP contribution in [0.15, 0.2) is 24.4 Å². The maximum atomic E-state index is 11.4. The number of fused-ring (bicyclic) bond motifs is 2. The summed E-state index contributed by atoms with van der Waals surface area (Å²) in [6.45, 7) is 5.34. The smallest absolute Gasteiger partial charge is 0.139 e. The van der Waals surface area contributed by atoms with Gasteiger partial charge in [0.25, 0.3) is 0 Å². The number of thioether (sulfide) groups is 1. The Morgan fingerprint density at radius 3 is 3.04 bits per heavy atom. The molecule has 1 N–H and O–H groups in total. The number of benzene rings is 1. The Hall–Kier alpha value is -1.26. The highest BCUT2D eigenvalue weighted by atomic mass is 32.2. The van der Waals surface area contributed by atoms with Gasteiger partial charge in [-0.25, -0.2) is 0 Å². The van der Waals surface area contributed by atoms with E-state index in [0.29, 0.717) is 28.1 Å². The quantitative estimate of drug-likeness (QED) is 0.905. The van der Waals surface area contributed by atoms with Crippen molar-refractivity contribution in [3.8, 4) is 0 Å². The highest BCUT2D eigenvalue weighted by Crippen LogP contribution is 2.65. The lowest BCUT2D eigenvalue weighted by molar-refractivity contribution is -0.114. The van der Waals surface area contributed by atoms with Gasteiger partial charge < -0.3 is 4.98 Å². The van der Waals surface area contributed by atoms with E-state index >= 15 is 0 Å². The van der Waals surface area contributed by atoms with Crippen LogP contribution in [-0.2, 0) is 11.2 Å². The zero-order chi connectivity index (χ0) is 17.4. The summed E-state index contributed by atoms with van der Waals surface area (Å²) in [7, 11) is 2.32. The number of nitrogens with one attached hydrogen (secondary N) is 1. The van der Waals surface area contributed by atoms with Crippen LogP contribution in [0.25, 0.3) is 10.9 Å². The van der Waals surface area contributed by atoms with Crippen LogP contribution in [0.3, 0.4) is 0 Å². The van der Waals surface area contributed by atoms with E-state index in [1.54, 1.807) is 6.92 Å². The highest BCUT2D eigenvalue weighted by molar-refractivity contribution is 8.00. The fourth-order valence-electron chi connectivity index (χ4n) is 5.56. The number of carbonyl (C=O) groups excluding carboxylic acids is 1. The minimum atomic E-state index is 0.201. The second kappa shape index (κ2) is 5.14. The fourth-order valence-corrected chi connectivity index (χ4v) is 6.97. The lowest BCUT2D eigenvalue weighted by atomic mass is 9.64. The van der Waals surface area contributed by atoms with Crippen LogP contribution >= 0.6 is 11.8 Å². The molecule has 3 nitrogen and oxygen atoms in total. The number of piperidine rings is 1. The summed E-state index contributed by atoms with van der Waals surface area (Å²) in [5.41, 5.74) is 4.92. The van der Waals surface area contributed by atoms with Crippen molar-refractivity contribution in [1.29, 1.82) is 0 Å². The zero-order valence-electron chi connectivity index (χ0n) is 15.3. The fraction of sp³-hybridized carbons (Fsp3) is 0.571. The van der Waals surface area contributed by atoms with E-state index in [9.17, 15) is 4.79 Å². The van der Waals surface area contributed by atoms with Crippen LogP contribution < -0.4 is 0 Å². The summed E-state index contributed by atoms with van der Waals surface area (Å²) in [4.78, 5) is 17.5. The van der Waals surface area contributed by atoms with Gasteiger partial charge >= 0.3 is 0 Å². The summed E-state index contributed by atoms with van der Waals surface area (Å²) in [6.07, 6.45) is 5.90. The minimum absolute atomic E-state index is 0.201. The van der Waals surface area contributed by atoms with E-state index in [1.807, 2.05) is 11.8 Å². The molecule has 132 valence electrons. The molecular formula is C21H26N2OS. The van der Waals surface area contributed by atoms with Crippen molar-refractivity contribution in [2.75, 3.05) is 19.3 Å². The molecule has 2 aromatic rings. The van der Waals surface area contributed by atoms with Crippen LogP contribution in [0.1, 0.15) is 43.7 Å². The first-order valence-electron chi connectivity index (χ1n) is 9.34. The molecule has 0 bridgehead atoms. The summed E-state index contributed by atoms with van der Waals surface area (Å²) in [6, 6.07) is 6.77. The molecule has 1 spiro atoms. The molecule has 1 aromatic carbocycles. The van der Waals surface area contributed by atoms with Gasteiger partial charge in [-0.05, 0) is 62.8 Å². The Kier molecular flexibility index (Phi) is 3.28. The lowest BCUT2D eigenvalue weighted by Gasteiger charge is -2.54. The first-order chi connectivity index (χ1) is 11.9. The number of carbonyl (C=O) groups is 1. The molecule has 0 amide bonds. The number of hydrogen-bond acceptors (Lipinski definition) is 3. The van der Waals surface area contributed by atoms with Crippen molar-refractivity contribution in [3.05, 3.63) is 35.5 Å². The Bertz CT molecular complexity index is 874. The van der Waals surface area contributed by atoms with Crippen molar-refractivity contribution in [2.45, 2.75) is 49.8 Å². The molecule has 1 saturated carbocycles. The Balaban J connectivity index is 1.52. The number of likely N-dealkylation sites (tertiary alicyclic amines) is 1. The van der Waals surface area contributed by atoms with Crippen molar-refractivity contribution >= 4 is 28.4 Å². The van der Waals surface area contributed by atoms with Gasteiger partial charge in [-0.2, -0.15) is 11.8 Å². The second-order valence-electron chi connectivity index (χ2n) is 8.80. The minimum Gasteiger partial charge on any atom is -0.361 e. The predicted octanol–water partition coefficient (Wildman–Crippen LogP) is 3.98. The SMILES string of the molecule is CC(=O)CS[C@@H]1C[C@@]12CC1c3cccc4[nH]cc(c34)C[C@@]1(C)N(C)C2. The molecular weight excluding hydrogens is 328 g/mol. The third-order valence-corrected chi connectivity index (χ3v) is 8.77. The van der Waals surface area contributed by atoms with E-state index in [-0.39, 0.29) is 5.54 Å². The molecule has 2 heterocycles. The summed E-state index contributed by atoms with van der Waals surface area (Å²) in [5, 5.41) is 2.14. The third-order valence-electron chi connectivity index (χ3n) is 7.13. The number of aromatic amines is 1. The number of nitrogens with zero attached hydrogens (tertiary/aromatic N) is 1. The average Bonchev–Trinajstić information content (AvgIpc) is 3.07. The summed E-state index contributed by atoms with van der Waals surface area (Å²) in [5.74, 6) is 1.57. The van der Waals surface area contributed by atoms with Crippen LogP contribution in [0.4, 0.5) is 0 Å². The van der Waals surface area contributed by atoms with Crippen LogP contribution in [0, 0.1) is 5.41 Å². The molecule has 4 atom stereocenters. The predicted molar refractivity (Wildman–Crippen MR) is 104 cm³/mol. The number of hydrogen-bond donors (Lipinski definition) is 1. The standard InChI is InChI=1S/C21H26N2OS/c1-13(24)11-25-18-9-21(18)8-16-15-5-4-6-17-19(15)14(10-22-17)7-20(16,2)23(3)12-21/h4-6,10,16,18,22H,7-9,11-12H2,1-3H3/t16?,18-,20-,21-/m1/s1. The van der Waals surface area contributed by atoms with Gasteiger partial charge in [0, 0.05) is 40.4 Å². The number of Topliss-reactive ketones (excluding diaryl/α,β-unsaturated/α-hetero) is 1. The number of ketones is 1. The molecule has 1 aliphatic heterocycles. The van der Waals surface area contributed by atoms with Crippen molar-refractivity contribution in [3.63, 3.8) is 0 Å². The highest BCUT2D eigenvalue weighted by Gasteiger charge is 2.62. The van der Waals surface area contributed by atoms with E-state index in [4.69, 9.17) is 0 Å². The summed E-state index contributed by atoms with van der Waals surface area (Å²) < 4.78 is 0. The molecule has 1 saturated heterocycles. The number of H-pyrrole nitrogens is 1. The average molecular weight is 355 g/mol. The number of aromatic nitrogens is 1. The van der Waals surface area contributed by atoms with Crippen molar-refractivity contribution in [2.24, 2.45) is 5.41 Å². The van der Waals surface area contributed by atoms with Crippen LogP contribution in [0.5, 0.6) is 0 Å². The third kappa shape index (κ3) is 2.20. The molecule has 5 rings (SSSR count). The first-order valence-corrected chi connectivity index (χ1v) is 10.4. The first kappa shape index (κ1) is 16.0. The van der Waals surface area contributed by atoms with Gasteiger partial charge in [-0.3, -0.25) is 9.69 Å². The van der Waals surface area contributed by atoms with Crippen molar-refractivity contribution < 1.29 is 4.79 Å².